The van der Waals surface area contributed by atoms with Gasteiger partial charge in [0.15, 0.2) is 0 Å². The molecule has 0 radical (unpaired) electrons. The van der Waals surface area contributed by atoms with Gasteiger partial charge in [-0.1, -0.05) is 0 Å². The van der Waals surface area contributed by atoms with Crippen molar-refractivity contribution in [3.8, 4) is 5.75 Å². The molecule has 2 rings (SSSR count). The van der Waals surface area contributed by atoms with Crippen molar-refractivity contribution in [2.75, 3.05) is 18.9 Å². The number of carbonyl (C=O) groups is 2. The van der Waals surface area contributed by atoms with Crippen LogP contribution in [0.4, 0.5) is 0 Å². The Morgan fingerprint density at radius 2 is 2.29 bits per heavy atom. The van der Waals surface area contributed by atoms with Crippen molar-refractivity contribution in [2.45, 2.75) is 4.90 Å². The zero-order valence-corrected chi connectivity index (χ0v) is 9.75. The van der Waals surface area contributed by atoms with E-state index >= 15 is 0 Å². The number of carboxylic acid groups (broad SMARTS) is 1. The van der Waals surface area contributed by atoms with Gasteiger partial charge in [-0.05, 0) is 18.2 Å². The lowest BCUT2D eigenvalue weighted by molar-refractivity contribution is -0.135. The standard InChI is InChI=1S/C11H11NO4S/c13-10(14)6-12-11(15)7-1-2-9-8(5-7)16-3-4-17-9/h1-2,5H,3-4,6H2,(H,12,15)(H,13,14). The summed E-state index contributed by atoms with van der Waals surface area (Å²) >= 11 is 1.68. The van der Waals surface area contributed by atoms with Gasteiger partial charge in [-0.2, -0.15) is 0 Å². The van der Waals surface area contributed by atoms with Crippen LogP contribution < -0.4 is 10.1 Å². The van der Waals surface area contributed by atoms with Crippen LogP contribution in [0.2, 0.25) is 0 Å². The number of hydrogen-bond acceptors (Lipinski definition) is 4. The van der Waals surface area contributed by atoms with Gasteiger partial charge in [-0.25, -0.2) is 0 Å². The van der Waals surface area contributed by atoms with Gasteiger partial charge in [0.2, 0.25) is 0 Å². The number of amides is 1. The molecule has 0 unspecified atom stereocenters. The summed E-state index contributed by atoms with van der Waals surface area (Å²) in [5.74, 6) is 0.110. The van der Waals surface area contributed by atoms with Gasteiger partial charge >= 0.3 is 5.97 Å². The lowest BCUT2D eigenvalue weighted by Gasteiger charge is -2.17. The molecule has 90 valence electrons. The first-order valence-electron chi connectivity index (χ1n) is 5.06. The number of hydrogen-bond donors (Lipinski definition) is 2. The second-order valence-electron chi connectivity index (χ2n) is 3.43. The van der Waals surface area contributed by atoms with Crippen LogP contribution in [-0.2, 0) is 4.79 Å². The second kappa shape index (κ2) is 5.09. The molecule has 0 atom stereocenters. The van der Waals surface area contributed by atoms with Crippen molar-refractivity contribution in [3.05, 3.63) is 23.8 Å². The highest BCUT2D eigenvalue weighted by atomic mass is 32.2. The number of carboxylic acids is 1. The number of thioether (sulfide) groups is 1. The molecule has 6 heteroatoms. The molecule has 0 aliphatic carbocycles. The van der Waals surface area contributed by atoms with Crippen molar-refractivity contribution >= 4 is 23.6 Å². The molecule has 0 saturated heterocycles. The minimum atomic E-state index is -1.07. The quantitative estimate of drug-likeness (QED) is 0.840. The molecule has 0 fully saturated rings. The Kier molecular flexibility index (Phi) is 3.53. The van der Waals surface area contributed by atoms with Gasteiger partial charge in [0.05, 0.1) is 6.61 Å². The summed E-state index contributed by atoms with van der Waals surface area (Å²) in [6.07, 6.45) is 0. The van der Waals surface area contributed by atoms with Crippen molar-refractivity contribution in [3.63, 3.8) is 0 Å². The van der Waals surface area contributed by atoms with E-state index in [9.17, 15) is 9.59 Å². The molecule has 1 heterocycles. The fourth-order valence-electron chi connectivity index (χ4n) is 1.44. The van der Waals surface area contributed by atoms with Crippen molar-refractivity contribution in [2.24, 2.45) is 0 Å². The number of fused-ring (bicyclic) bond motifs is 1. The van der Waals surface area contributed by atoms with Gasteiger partial charge in [0.1, 0.15) is 12.3 Å². The van der Waals surface area contributed by atoms with Crippen LogP contribution >= 0.6 is 11.8 Å². The first-order chi connectivity index (χ1) is 8.16. The molecule has 0 bridgehead atoms. The topological polar surface area (TPSA) is 75.6 Å². The smallest absolute Gasteiger partial charge is 0.322 e. The van der Waals surface area contributed by atoms with Crippen molar-refractivity contribution in [1.29, 1.82) is 0 Å². The predicted octanol–water partition coefficient (Wildman–Crippen LogP) is 0.985. The summed E-state index contributed by atoms with van der Waals surface area (Å²) in [5, 5.41) is 10.8. The average molecular weight is 253 g/mol. The minimum Gasteiger partial charge on any atom is -0.492 e. The molecule has 1 aliphatic heterocycles. The Hall–Kier alpha value is -1.69. The van der Waals surface area contributed by atoms with E-state index in [1.807, 2.05) is 6.07 Å². The fourth-order valence-corrected chi connectivity index (χ4v) is 2.25. The predicted molar refractivity (Wildman–Crippen MR) is 62.6 cm³/mol. The largest absolute Gasteiger partial charge is 0.492 e. The zero-order chi connectivity index (χ0) is 12.3. The lowest BCUT2D eigenvalue weighted by atomic mass is 10.2. The van der Waals surface area contributed by atoms with Crippen LogP contribution in [0.1, 0.15) is 10.4 Å². The maximum atomic E-state index is 11.6. The Bertz CT molecular complexity index is 461. The third-order valence-corrected chi connectivity index (χ3v) is 3.22. The molecule has 0 aromatic heterocycles. The molecule has 0 saturated carbocycles. The number of ether oxygens (including phenoxy) is 1. The molecule has 2 N–H and O–H groups in total. The van der Waals surface area contributed by atoms with E-state index in [0.717, 1.165) is 10.6 Å². The Morgan fingerprint density at radius 3 is 3.06 bits per heavy atom. The van der Waals surface area contributed by atoms with Gasteiger partial charge in [-0.3, -0.25) is 9.59 Å². The molecule has 5 nitrogen and oxygen atoms in total. The lowest BCUT2D eigenvalue weighted by Crippen LogP contribution is -2.29. The molecule has 1 aliphatic rings. The minimum absolute atomic E-state index is 0.383. The molecule has 0 spiro atoms. The highest BCUT2D eigenvalue weighted by Crippen LogP contribution is 2.33. The van der Waals surface area contributed by atoms with E-state index in [2.05, 4.69) is 5.32 Å². The van der Waals surface area contributed by atoms with Crippen LogP contribution in [0.3, 0.4) is 0 Å². The number of benzene rings is 1. The molecule has 1 aromatic rings. The molecular weight excluding hydrogens is 242 g/mol. The van der Waals surface area contributed by atoms with Gasteiger partial charge < -0.3 is 15.2 Å². The third kappa shape index (κ3) is 2.91. The van der Waals surface area contributed by atoms with E-state index in [4.69, 9.17) is 9.84 Å². The van der Waals surface area contributed by atoms with Crippen LogP contribution in [0, 0.1) is 0 Å². The molecular formula is C11H11NO4S. The Morgan fingerprint density at radius 1 is 1.47 bits per heavy atom. The van der Waals surface area contributed by atoms with Crippen LogP contribution in [0.25, 0.3) is 0 Å². The maximum Gasteiger partial charge on any atom is 0.322 e. The number of carbonyl (C=O) groups excluding carboxylic acids is 1. The first kappa shape index (κ1) is 11.8. The summed E-state index contributed by atoms with van der Waals surface area (Å²) in [5.41, 5.74) is 0.410. The number of nitrogens with one attached hydrogen (secondary N) is 1. The molecule has 1 amide bonds. The van der Waals surface area contributed by atoms with E-state index in [1.165, 1.54) is 0 Å². The summed E-state index contributed by atoms with van der Waals surface area (Å²) in [6.45, 7) is 0.239. The monoisotopic (exact) mass is 253 g/mol. The molecule has 1 aromatic carbocycles. The number of rotatable bonds is 3. The van der Waals surface area contributed by atoms with Gasteiger partial charge in [0, 0.05) is 16.2 Å². The Balaban J connectivity index is 2.11. The normalized spacial score (nSPS) is 13.4. The van der Waals surface area contributed by atoms with Crippen molar-refractivity contribution < 1.29 is 19.4 Å². The first-order valence-corrected chi connectivity index (χ1v) is 6.05. The van der Waals surface area contributed by atoms with E-state index < -0.39 is 11.9 Å². The van der Waals surface area contributed by atoms with Gasteiger partial charge in [0.25, 0.3) is 5.91 Å². The highest BCUT2D eigenvalue weighted by Gasteiger charge is 2.14. The van der Waals surface area contributed by atoms with Gasteiger partial charge in [-0.15, -0.1) is 11.8 Å². The summed E-state index contributed by atoms with van der Waals surface area (Å²) in [4.78, 5) is 22.9. The highest BCUT2D eigenvalue weighted by molar-refractivity contribution is 7.99. The average Bonchev–Trinajstić information content (AvgIpc) is 2.35. The van der Waals surface area contributed by atoms with Crippen LogP contribution in [-0.4, -0.2) is 35.9 Å². The van der Waals surface area contributed by atoms with Crippen LogP contribution in [0.5, 0.6) is 5.75 Å². The van der Waals surface area contributed by atoms with Crippen molar-refractivity contribution in [1.82, 2.24) is 5.32 Å². The van der Waals surface area contributed by atoms with Crippen LogP contribution in [0.15, 0.2) is 23.1 Å². The third-order valence-electron chi connectivity index (χ3n) is 2.20. The van der Waals surface area contributed by atoms with E-state index in [0.29, 0.717) is 17.9 Å². The molecule has 17 heavy (non-hydrogen) atoms. The maximum absolute atomic E-state index is 11.6. The fraction of sp³-hybridized carbons (Fsp3) is 0.273. The second-order valence-corrected chi connectivity index (χ2v) is 4.57. The Labute approximate surface area is 102 Å². The summed E-state index contributed by atoms with van der Waals surface area (Å²) in [7, 11) is 0. The number of aliphatic carboxylic acids is 1. The summed E-state index contributed by atoms with van der Waals surface area (Å²) < 4.78 is 5.42. The SMILES string of the molecule is O=C(O)CNC(=O)c1ccc2c(c1)OCCS2. The van der Waals surface area contributed by atoms with E-state index in [-0.39, 0.29) is 6.54 Å². The summed E-state index contributed by atoms with van der Waals surface area (Å²) in [6, 6.07) is 5.12. The zero-order valence-electron chi connectivity index (χ0n) is 8.93. The van der Waals surface area contributed by atoms with E-state index in [1.54, 1.807) is 23.9 Å².